The molecule has 1 unspecified atom stereocenters. The fraction of sp³-hybridized carbons (Fsp3) is 0.421. The lowest BCUT2D eigenvalue weighted by Gasteiger charge is -2.13. The fourth-order valence-electron chi connectivity index (χ4n) is 2.43. The van der Waals surface area contributed by atoms with E-state index in [4.69, 9.17) is 5.73 Å². The number of hydrogen-bond donors (Lipinski definition) is 1. The second kappa shape index (κ2) is 9.73. The van der Waals surface area contributed by atoms with Crippen LogP contribution in [0.5, 0.6) is 0 Å². The van der Waals surface area contributed by atoms with Gasteiger partial charge in [-0.05, 0) is 24.0 Å². The summed E-state index contributed by atoms with van der Waals surface area (Å²) in [6.07, 6.45) is 0. The molecule has 0 spiro atoms. The van der Waals surface area contributed by atoms with Crippen LogP contribution in [0.4, 0.5) is 11.9 Å². The molecule has 3 rings (SSSR count). The lowest BCUT2D eigenvalue weighted by molar-refractivity contribution is 0.862. The molecule has 0 aliphatic heterocycles. The predicted octanol–water partition coefficient (Wildman–Crippen LogP) is 4.64. The van der Waals surface area contributed by atoms with Gasteiger partial charge in [0, 0.05) is 19.8 Å². The maximum absolute atomic E-state index is 5.83. The minimum atomic E-state index is -0.00613. The number of rotatable bonds is 8. The zero-order valence-electron chi connectivity index (χ0n) is 17.2. The molecule has 10 heteroatoms. The van der Waals surface area contributed by atoms with Crippen LogP contribution in [0.15, 0.2) is 32.9 Å². The first-order valence-corrected chi connectivity index (χ1v) is 11.9. The van der Waals surface area contributed by atoms with Crippen molar-refractivity contribution < 1.29 is 0 Å². The molecule has 0 bridgehead atoms. The van der Waals surface area contributed by atoms with Crippen molar-refractivity contribution in [2.75, 3.05) is 24.7 Å². The Bertz CT molecular complexity index is 941. The van der Waals surface area contributed by atoms with Gasteiger partial charge in [0.15, 0.2) is 8.68 Å². The van der Waals surface area contributed by atoms with Crippen LogP contribution < -0.4 is 10.6 Å². The zero-order chi connectivity index (χ0) is 21.0. The highest BCUT2D eigenvalue weighted by atomic mass is 32.2. The van der Waals surface area contributed by atoms with Gasteiger partial charge in [0.25, 0.3) is 0 Å². The van der Waals surface area contributed by atoms with Crippen molar-refractivity contribution in [1.82, 2.24) is 25.1 Å². The van der Waals surface area contributed by atoms with Crippen LogP contribution in [0, 0.1) is 0 Å². The second-order valence-electron chi connectivity index (χ2n) is 7.03. The molecule has 1 atom stereocenters. The average Bonchev–Trinajstić information content (AvgIpc) is 3.13. The normalized spacial score (nSPS) is 12.3. The highest BCUT2D eigenvalue weighted by molar-refractivity contribution is 8.03. The number of nitrogens with zero attached hydrogens (tertiary/aromatic N) is 6. The minimum Gasteiger partial charge on any atom is -0.368 e. The van der Waals surface area contributed by atoms with Crippen LogP contribution in [-0.4, -0.2) is 39.2 Å². The molecule has 2 aromatic heterocycles. The lowest BCUT2D eigenvalue weighted by atomic mass is 10.0. The first-order valence-electron chi connectivity index (χ1n) is 9.22. The molecule has 0 aliphatic carbocycles. The van der Waals surface area contributed by atoms with E-state index in [9.17, 15) is 0 Å². The van der Waals surface area contributed by atoms with Gasteiger partial charge in [-0.1, -0.05) is 73.0 Å². The quantitative estimate of drug-likeness (QED) is 0.495. The van der Waals surface area contributed by atoms with Crippen LogP contribution in [-0.2, 0) is 5.75 Å². The maximum atomic E-state index is 5.83. The van der Waals surface area contributed by atoms with Gasteiger partial charge in [-0.25, -0.2) is 0 Å². The number of nitrogen functional groups attached to an aromatic ring is 1. The predicted molar refractivity (Wildman–Crippen MR) is 123 cm³/mol. The van der Waals surface area contributed by atoms with Gasteiger partial charge >= 0.3 is 0 Å². The van der Waals surface area contributed by atoms with Gasteiger partial charge in [0.1, 0.15) is 5.82 Å². The third kappa shape index (κ3) is 6.03. The van der Waals surface area contributed by atoms with Gasteiger partial charge < -0.3 is 10.6 Å². The SMILES string of the molecule is CC(C)c1ccc(CSc2nnc(SC(C)c3nc(N)nc(N(C)C)n3)s2)cc1. The fourth-order valence-corrected chi connectivity index (χ4v) is 5.59. The molecular weight excluding hydrogens is 422 g/mol. The average molecular weight is 448 g/mol. The number of aromatic nitrogens is 5. The van der Waals surface area contributed by atoms with Crippen LogP contribution in [0.25, 0.3) is 0 Å². The second-order valence-corrected chi connectivity index (χ2v) is 10.8. The Morgan fingerprint density at radius 1 is 1.00 bits per heavy atom. The summed E-state index contributed by atoms with van der Waals surface area (Å²) in [5, 5.41) is 8.61. The van der Waals surface area contributed by atoms with E-state index >= 15 is 0 Å². The summed E-state index contributed by atoms with van der Waals surface area (Å²) < 4.78 is 1.84. The molecule has 2 N–H and O–H groups in total. The van der Waals surface area contributed by atoms with Crippen molar-refractivity contribution in [2.45, 2.75) is 46.4 Å². The van der Waals surface area contributed by atoms with Gasteiger partial charge in [0.05, 0.1) is 5.25 Å². The zero-order valence-corrected chi connectivity index (χ0v) is 19.6. The van der Waals surface area contributed by atoms with Crippen LogP contribution >= 0.6 is 34.9 Å². The van der Waals surface area contributed by atoms with E-state index < -0.39 is 0 Å². The lowest BCUT2D eigenvalue weighted by Crippen LogP contribution is -2.16. The number of benzene rings is 1. The van der Waals surface area contributed by atoms with E-state index in [2.05, 4.69) is 63.3 Å². The van der Waals surface area contributed by atoms with Crippen molar-refractivity contribution in [2.24, 2.45) is 0 Å². The van der Waals surface area contributed by atoms with Crippen molar-refractivity contribution in [1.29, 1.82) is 0 Å². The van der Waals surface area contributed by atoms with Crippen molar-refractivity contribution in [3.8, 4) is 0 Å². The molecule has 0 amide bonds. The Balaban J connectivity index is 1.60. The summed E-state index contributed by atoms with van der Waals surface area (Å²) in [6.45, 7) is 6.44. The Labute approximate surface area is 184 Å². The first-order chi connectivity index (χ1) is 13.8. The number of anilines is 2. The van der Waals surface area contributed by atoms with Crippen LogP contribution in [0.2, 0.25) is 0 Å². The van der Waals surface area contributed by atoms with E-state index in [1.807, 2.05) is 25.9 Å². The molecule has 154 valence electrons. The summed E-state index contributed by atoms with van der Waals surface area (Å²) >= 11 is 4.87. The highest BCUT2D eigenvalue weighted by Gasteiger charge is 2.17. The molecule has 0 radical (unpaired) electrons. The minimum absolute atomic E-state index is 0.00613. The number of hydrogen-bond acceptors (Lipinski definition) is 10. The summed E-state index contributed by atoms with van der Waals surface area (Å²) in [5.74, 6) is 2.85. The van der Waals surface area contributed by atoms with Crippen LogP contribution in [0.1, 0.15) is 48.9 Å². The molecule has 0 aliphatic rings. The number of thioether (sulfide) groups is 2. The van der Waals surface area contributed by atoms with E-state index in [1.165, 1.54) is 11.1 Å². The van der Waals surface area contributed by atoms with E-state index in [0.717, 1.165) is 14.4 Å². The molecular formula is C19H25N7S3. The molecule has 1 aromatic carbocycles. The van der Waals surface area contributed by atoms with Crippen LogP contribution in [0.3, 0.4) is 0 Å². The third-order valence-electron chi connectivity index (χ3n) is 4.10. The molecule has 0 saturated heterocycles. The summed E-state index contributed by atoms with van der Waals surface area (Å²) in [6, 6.07) is 8.78. The van der Waals surface area contributed by atoms with Gasteiger partial charge in [-0.2, -0.15) is 15.0 Å². The topological polar surface area (TPSA) is 93.7 Å². The molecule has 0 fully saturated rings. The van der Waals surface area contributed by atoms with Gasteiger partial charge in [-0.3, -0.25) is 0 Å². The summed E-state index contributed by atoms with van der Waals surface area (Å²) in [5.41, 5.74) is 8.47. The largest absolute Gasteiger partial charge is 0.368 e. The van der Waals surface area contributed by atoms with Gasteiger partial charge in [-0.15, -0.1) is 10.2 Å². The van der Waals surface area contributed by atoms with E-state index in [1.54, 1.807) is 34.9 Å². The molecule has 7 nitrogen and oxygen atoms in total. The monoisotopic (exact) mass is 447 g/mol. The molecule has 29 heavy (non-hydrogen) atoms. The Kier molecular flexibility index (Phi) is 7.31. The van der Waals surface area contributed by atoms with Crippen molar-refractivity contribution >= 4 is 46.8 Å². The van der Waals surface area contributed by atoms with E-state index in [0.29, 0.717) is 17.7 Å². The first kappa shape index (κ1) is 21.8. The maximum Gasteiger partial charge on any atom is 0.229 e. The number of nitrogens with two attached hydrogens (primary N) is 1. The molecule has 0 saturated carbocycles. The summed E-state index contributed by atoms with van der Waals surface area (Å²) in [4.78, 5) is 14.7. The van der Waals surface area contributed by atoms with Gasteiger partial charge in [0.2, 0.25) is 11.9 Å². The molecule has 3 aromatic rings. The Hall–Kier alpha value is -1.91. The van der Waals surface area contributed by atoms with Crippen molar-refractivity contribution in [3.05, 3.63) is 41.2 Å². The van der Waals surface area contributed by atoms with Crippen molar-refractivity contribution in [3.63, 3.8) is 0 Å². The summed E-state index contributed by atoms with van der Waals surface area (Å²) in [7, 11) is 3.75. The standard InChI is InChI=1S/C19H25N7S3/c1-11(2)14-8-6-13(7-9-14)10-27-18-24-25-19(29-18)28-12(3)15-21-16(20)23-17(22-15)26(4)5/h6-9,11-12H,10H2,1-5H3,(H2,20,21,22,23). The van der Waals surface area contributed by atoms with E-state index in [-0.39, 0.29) is 11.2 Å². The highest BCUT2D eigenvalue weighted by Crippen LogP contribution is 2.38. The third-order valence-corrected chi connectivity index (χ3v) is 7.40. The molecule has 2 heterocycles. The Morgan fingerprint density at radius 2 is 1.69 bits per heavy atom. The Morgan fingerprint density at radius 3 is 2.34 bits per heavy atom. The smallest absolute Gasteiger partial charge is 0.229 e.